The minimum absolute atomic E-state index is 0.145. The molecule has 0 spiro atoms. The Morgan fingerprint density at radius 3 is 2.55 bits per heavy atom. The van der Waals surface area contributed by atoms with Gasteiger partial charge in [0, 0.05) is 44.5 Å². The van der Waals surface area contributed by atoms with Crippen LogP contribution in [0.2, 0.25) is 5.02 Å². The van der Waals surface area contributed by atoms with Crippen LogP contribution in [-0.4, -0.2) is 35.9 Å². The number of benzene rings is 1. The van der Waals surface area contributed by atoms with Gasteiger partial charge in [0.25, 0.3) is 0 Å². The van der Waals surface area contributed by atoms with Gasteiger partial charge < -0.3 is 5.32 Å². The highest BCUT2D eigenvalue weighted by Gasteiger charge is 2.19. The van der Waals surface area contributed by atoms with Gasteiger partial charge in [-0.2, -0.15) is 5.10 Å². The fourth-order valence-electron chi connectivity index (χ4n) is 3.99. The third kappa shape index (κ3) is 2.90. The predicted octanol–water partition coefficient (Wildman–Crippen LogP) is 3.68. The molecule has 0 unspecified atom stereocenters. The molecule has 0 atom stereocenters. The van der Waals surface area contributed by atoms with Gasteiger partial charge in [-0.25, -0.2) is 9.78 Å². The van der Waals surface area contributed by atoms with E-state index < -0.39 is 0 Å². The summed E-state index contributed by atoms with van der Waals surface area (Å²) in [6, 6.07) is 7.83. The van der Waals surface area contributed by atoms with Crippen molar-refractivity contribution in [3.8, 4) is 16.8 Å². The van der Waals surface area contributed by atoms with Crippen LogP contribution in [0.4, 0.5) is 5.82 Å². The van der Waals surface area contributed by atoms with Crippen LogP contribution in [0.25, 0.3) is 38.8 Å². The lowest BCUT2D eigenvalue weighted by Crippen LogP contribution is -2.21. The van der Waals surface area contributed by atoms with Crippen LogP contribution in [0, 0.1) is 6.92 Å². The maximum Gasteiger partial charge on any atom is 0.333 e. The van der Waals surface area contributed by atoms with Crippen molar-refractivity contribution in [3.63, 3.8) is 0 Å². The summed E-state index contributed by atoms with van der Waals surface area (Å²) in [5.41, 5.74) is 5.53. The van der Waals surface area contributed by atoms with Crippen molar-refractivity contribution in [2.24, 2.45) is 14.1 Å². The van der Waals surface area contributed by atoms with Crippen LogP contribution in [0.5, 0.6) is 0 Å². The highest BCUT2D eigenvalue weighted by molar-refractivity contribution is 6.33. The molecule has 0 fully saturated rings. The molecule has 5 aromatic rings. The Bertz CT molecular complexity index is 1540. The number of nitrogens with one attached hydrogen (secondary N) is 1. The van der Waals surface area contributed by atoms with Crippen molar-refractivity contribution in [2.45, 2.75) is 6.92 Å². The smallest absolute Gasteiger partial charge is 0.333 e. The Morgan fingerprint density at radius 2 is 1.87 bits per heavy atom. The van der Waals surface area contributed by atoms with Crippen molar-refractivity contribution < 1.29 is 0 Å². The molecule has 0 aliphatic heterocycles. The fourth-order valence-corrected chi connectivity index (χ4v) is 4.25. The number of hydrogen-bond acceptors (Lipinski definition) is 5. The van der Waals surface area contributed by atoms with Crippen LogP contribution in [-0.2, 0) is 14.1 Å². The number of nitrogens with zero attached hydrogens (tertiary/aromatic N) is 6. The average molecular weight is 434 g/mol. The van der Waals surface area contributed by atoms with E-state index in [-0.39, 0.29) is 5.69 Å². The summed E-state index contributed by atoms with van der Waals surface area (Å²) in [4.78, 5) is 22.2. The summed E-state index contributed by atoms with van der Waals surface area (Å²) in [5, 5.41) is 8.79. The minimum Gasteiger partial charge on any atom is -0.372 e. The lowest BCUT2D eigenvalue weighted by atomic mass is 10.0. The molecule has 8 nitrogen and oxygen atoms in total. The molecular formula is C22H20ClN7O. The first-order valence-corrected chi connectivity index (χ1v) is 10.1. The molecule has 0 aliphatic rings. The summed E-state index contributed by atoms with van der Waals surface area (Å²) in [6.45, 7) is 1.90. The van der Waals surface area contributed by atoms with Crippen molar-refractivity contribution >= 4 is 39.4 Å². The van der Waals surface area contributed by atoms with Gasteiger partial charge in [0.1, 0.15) is 5.82 Å². The van der Waals surface area contributed by atoms with Crippen LogP contribution >= 0.6 is 11.6 Å². The van der Waals surface area contributed by atoms with Crippen molar-refractivity contribution in [1.29, 1.82) is 0 Å². The molecular weight excluding hydrogens is 414 g/mol. The maximum absolute atomic E-state index is 13.2. The van der Waals surface area contributed by atoms with E-state index in [1.54, 1.807) is 40.3 Å². The Labute approximate surface area is 182 Å². The number of halogens is 1. The van der Waals surface area contributed by atoms with E-state index in [0.717, 1.165) is 44.4 Å². The average Bonchev–Trinajstić information content (AvgIpc) is 3.22. The standard InChI is InChI=1S/C22H20ClN7O/c1-12-19(11-28(3)27-12)30-20-15-7-13(14-8-16(23)21(24-2)26-9-14)5-6-17(15)25-10-18(20)29(4)22(30)31/h5-11H,1-4H3,(H,24,26). The Balaban J connectivity index is 1.84. The van der Waals surface area contributed by atoms with Gasteiger partial charge in [-0.1, -0.05) is 17.7 Å². The highest BCUT2D eigenvalue weighted by Crippen LogP contribution is 2.32. The van der Waals surface area contributed by atoms with Gasteiger partial charge in [0.2, 0.25) is 0 Å². The lowest BCUT2D eigenvalue weighted by molar-refractivity contribution is 0.756. The number of fused-ring (bicyclic) bond motifs is 3. The quantitative estimate of drug-likeness (QED) is 0.469. The Morgan fingerprint density at radius 1 is 1.06 bits per heavy atom. The lowest BCUT2D eigenvalue weighted by Gasteiger charge is -2.09. The molecule has 9 heteroatoms. The zero-order valence-electron chi connectivity index (χ0n) is 17.5. The third-order valence-electron chi connectivity index (χ3n) is 5.52. The first kappa shape index (κ1) is 19.3. The first-order valence-electron chi connectivity index (χ1n) is 9.73. The SMILES string of the molecule is CNc1ncc(-c2ccc3ncc4c(c3c2)n(-c2cn(C)nc2C)c(=O)n4C)cc1Cl. The van der Waals surface area contributed by atoms with E-state index in [0.29, 0.717) is 10.8 Å². The van der Waals surface area contributed by atoms with Gasteiger partial charge in [-0.15, -0.1) is 0 Å². The second-order valence-corrected chi connectivity index (χ2v) is 7.89. The minimum atomic E-state index is -0.145. The van der Waals surface area contributed by atoms with E-state index in [1.165, 1.54) is 0 Å². The molecule has 31 heavy (non-hydrogen) atoms. The normalized spacial score (nSPS) is 11.5. The van der Waals surface area contributed by atoms with Gasteiger partial charge in [0.05, 0.1) is 39.2 Å². The number of hydrogen-bond donors (Lipinski definition) is 1. The summed E-state index contributed by atoms with van der Waals surface area (Å²) < 4.78 is 5.03. The maximum atomic E-state index is 13.2. The molecule has 0 saturated heterocycles. The third-order valence-corrected chi connectivity index (χ3v) is 5.81. The molecule has 4 heterocycles. The number of pyridine rings is 2. The van der Waals surface area contributed by atoms with Gasteiger partial charge in [-0.05, 0) is 30.7 Å². The summed E-state index contributed by atoms with van der Waals surface area (Å²) in [5.74, 6) is 0.624. The van der Waals surface area contributed by atoms with Crippen LogP contribution in [0.1, 0.15) is 5.69 Å². The number of anilines is 1. The number of aromatic nitrogens is 6. The second kappa shape index (κ2) is 6.95. The van der Waals surface area contributed by atoms with Gasteiger partial charge >= 0.3 is 5.69 Å². The molecule has 0 aliphatic carbocycles. The van der Waals surface area contributed by atoms with E-state index in [4.69, 9.17) is 11.6 Å². The predicted molar refractivity (Wildman–Crippen MR) is 123 cm³/mol. The highest BCUT2D eigenvalue weighted by atomic mass is 35.5. The molecule has 4 aromatic heterocycles. The van der Waals surface area contributed by atoms with Gasteiger partial charge in [-0.3, -0.25) is 18.8 Å². The summed E-state index contributed by atoms with van der Waals surface area (Å²) in [6.07, 6.45) is 5.36. The monoisotopic (exact) mass is 433 g/mol. The number of aryl methyl sites for hydroxylation is 3. The van der Waals surface area contributed by atoms with E-state index in [1.807, 2.05) is 44.4 Å². The molecule has 1 aromatic carbocycles. The molecule has 5 rings (SSSR count). The molecule has 0 radical (unpaired) electrons. The first-order chi connectivity index (χ1) is 14.9. The zero-order chi connectivity index (χ0) is 21.9. The van der Waals surface area contributed by atoms with E-state index in [2.05, 4.69) is 20.4 Å². The van der Waals surface area contributed by atoms with Crippen LogP contribution in [0.3, 0.4) is 0 Å². The molecule has 0 saturated carbocycles. The Kier molecular flexibility index (Phi) is 4.33. The van der Waals surface area contributed by atoms with E-state index >= 15 is 0 Å². The summed E-state index contributed by atoms with van der Waals surface area (Å²) in [7, 11) is 5.38. The van der Waals surface area contributed by atoms with Crippen molar-refractivity contribution in [3.05, 3.63) is 64.1 Å². The second-order valence-electron chi connectivity index (χ2n) is 7.48. The molecule has 1 N–H and O–H groups in total. The number of rotatable bonds is 3. The van der Waals surface area contributed by atoms with Crippen molar-refractivity contribution in [1.82, 2.24) is 28.9 Å². The number of imidazole rings is 1. The molecule has 156 valence electrons. The largest absolute Gasteiger partial charge is 0.372 e. The van der Waals surface area contributed by atoms with Crippen molar-refractivity contribution in [2.75, 3.05) is 12.4 Å². The Hall–Kier alpha value is -3.65. The van der Waals surface area contributed by atoms with Crippen LogP contribution in [0.15, 0.2) is 47.7 Å². The molecule has 0 bridgehead atoms. The topological polar surface area (TPSA) is 82.6 Å². The van der Waals surface area contributed by atoms with Gasteiger partial charge in [0.15, 0.2) is 0 Å². The van der Waals surface area contributed by atoms with Crippen LogP contribution < -0.4 is 11.0 Å². The molecule has 0 amide bonds. The zero-order valence-corrected chi connectivity index (χ0v) is 18.3. The van der Waals surface area contributed by atoms with E-state index in [9.17, 15) is 4.79 Å². The summed E-state index contributed by atoms with van der Waals surface area (Å²) >= 11 is 6.35. The fraction of sp³-hybridized carbons (Fsp3) is 0.182.